The van der Waals surface area contributed by atoms with E-state index in [0.29, 0.717) is 10.2 Å². The Hall–Kier alpha value is -1.47. The van der Waals surface area contributed by atoms with E-state index in [4.69, 9.17) is 17.3 Å². The van der Waals surface area contributed by atoms with Crippen LogP contribution in [0.15, 0.2) is 22.7 Å². The molecule has 0 bridgehead atoms. The predicted octanol–water partition coefficient (Wildman–Crippen LogP) is 1.98. The minimum Gasteiger partial charge on any atom is -0.478 e. The van der Waals surface area contributed by atoms with Crippen LogP contribution in [0.5, 0.6) is 0 Å². The zero-order valence-electron chi connectivity index (χ0n) is 8.78. The van der Waals surface area contributed by atoms with Crippen molar-refractivity contribution >= 4 is 50.8 Å². The van der Waals surface area contributed by atoms with E-state index in [1.54, 1.807) is 12.1 Å². The van der Waals surface area contributed by atoms with Gasteiger partial charge in [0, 0.05) is 11.4 Å². The van der Waals surface area contributed by atoms with E-state index >= 15 is 0 Å². The molecule has 90 valence electrons. The first kappa shape index (κ1) is 13.6. The van der Waals surface area contributed by atoms with Crippen molar-refractivity contribution in [1.29, 1.82) is 0 Å². The number of aromatic carboxylic acids is 1. The summed E-state index contributed by atoms with van der Waals surface area (Å²) in [6, 6.07) is 4.67. The van der Waals surface area contributed by atoms with Crippen LogP contribution in [-0.2, 0) is 4.79 Å². The first-order valence-corrected chi connectivity index (χ1v) is 5.71. The number of benzene rings is 1. The van der Waals surface area contributed by atoms with Crippen LogP contribution in [0.25, 0.3) is 0 Å². The normalized spacial score (nSPS) is 9.53. The third-order valence-electron chi connectivity index (χ3n) is 1.75. The van der Waals surface area contributed by atoms with Gasteiger partial charge in [-0.2, -0.15) is 0 Å². The van der Waals surface area contributed by atoms with Gasteiger partial charge in [0.1, 0.15) is 0 Å². The molecule has 1 aromatic carbocycles. The van der Waals surface area contributed by atoms with Gasteiger partial charge < -0.3 is 15.7 Å². The third-order valence-corrected chi connectivity index (χ3v) is 2.45. The topological polar surface area (TPSA) is 78.4 Å². The number of carboxylic acids is 1. The van der Waals surface area contributed by atoms with Crippen molar-refractivity contribution in [2.75, 3.05) is 5.32 Å². The Balaban J connectivity index is 2.94. The molecule has 1 amide bonds. The van der Waals surface area contributed by atoms with Crippen LogP contribution in [0.2, 0.25) is 0 Å². The monoisotopic (exact) mass is 316 g/mol. The number of carbonyl (C=O) groups excluding carboxylic acids is 1. The Morgan fingerprint density at radius 3 is 2.59 bits per heavy atom. The van der Waals surface area contributed by atoms with Crippen LogP contribution in [0.3, 0.4) is 0 Å². The lowest BCUT2D eigenvalue weighted by Gasteiger charge is -2.10. The molecule has 5 nitrogen and oxygen atoms in total. The van der Waals surface area contributed by atoms with Crippen molar-refractivity contribution in [2.24, 2.45) is 0 Å². The minimum absolute atomic E-state index is 0.0577. The number of thiocarbonyl (C=S) groups is 1. The summed E-state index contributed by atoms with van der Waals surface area (Å²) in [5.74, 6) is -1.41. The lowest BCUT2D eigenvalue weighted by molar-refractivity contribution is -0.117. The summed E-state index contributed by atoms with van der Waals surface area (Å²) in [6.07, 6.45) is 0. The number of halogens is 1. The summed E-state index contributed by atoms with van der Waals surface area (Å²) in [4.78, 5) is 21.7. The summed E-state index contributed by atoms with van der Waals surface area (Å²) < 4.78 is 0.644. The van der Waals surface area contributed by atoms with Crippen molar-refractivity contribution in [1.82, 2.24) is 5.32 Å². The van der Waals surface area contributed by atoms with Crippen molar-refractivity contribution in [3.05, 3.63) is 28.2 Å². The van der Waals surface area contributed by atoms with Crippen LogP contribution in [-0.4, -0.2) is 22.1 Å². The third kappa shape index (κ3) is 4.12. The number of hydrogen-bond acceptors (Lipinski definition) is 3. The number of rotatable bonds is 2. The molecule has 0 fully saturated rings. The van der Waals surface area contributed by atoms with Gasteiger partial charge in [0.15, 0.2) is 5.11 Å². The molecule has 0 heterocycles. The molecule has 0 atom stereocenters. The average molecular weight is 317 g/mol. The van der Waals surface area contributed by atoms with Crippen LogP contribution in [0.4, 0.5) is 5.69 Å². The summed E-state index contributed by atoms with van der Waals surface area (Å²) in [5, 5.41) is 14.0. The molecule has 0 aliphatic rings. The van der Waals surface area contributed by atoms with Crippen molar-refractivity contribution in [3.63, 3.8) is 0 Å². The van der Waals surface area contributed by atoms with Gasteiger partial charge in [0.05, 0.1) is 11.3 Å². The maximum atomic E-state index is 11.0. The SMILES string of the molecule is CC(=O)NC(=S)Nc1ccc(Br)cc1C(=O)O. The number of carboxylic acid groups (broad SMARTS) is 1. The van der Waals surface area contributed by atoms with E-state index < -0.39 is 5.97 Å². The van der Waals surface area contributed by atoms with Crippen molar-refractivity contribution in [3.8, 4) is 0 Å². The Bertz CT molecular complexity index is 490. The number of hydrogen-bond donors (Lipinski definition) is 3. The van der Waals surface area contributed by atoms with Gasteiger partial charge in [-0.1, -0.05) is 15.9 Å². The molecule has 1 rings (SSSR count). The fourth-order valence-electron chi connectivity index (χ4n) is 1.12. The Labute approximate surface area is 111 Å². The number of anilines is 1. The van der Waals surface area contributed by atoms with Crippen LogP contribution < -0.4 is 10.6 Å². The van der Waals surface area contributed by atoms with Gasteiger partial charge in [0.25, 0.3) is 0 Å². The molecular formula is C10H9BrN2O3S. The molecule has 0 saturated carbocycles. The highest BCUT2D eigenvalue weighted by molar-refractivity contribution is 9.10. The Morgan fingerprint density at radius 2 is 2.06 bits per heavy atom. The van der Waals surface area contributed by atoms with Gasteiger partial charge in [-0.05, 0) is 30.4 Å². The van der Waals surface area contributed by atoms with Gasteiger partial charge in [-0.15, -0.1) is 0 Å². The lowest BCUT2D eigenvalue weighted by Crippen LogP contribution is -2.32. The molecule has 0 spiro atoms. The molecule has 0 aliphatic carbocycles. The quantitative estimate of drug-likeness (QED) is 0.727. The predicted molar refractivity (Wildman–Crippen MR) is 71.1 cm³/mol. The van der Waals surface area contributed by atoms with Gasteiger partial charge >= 0.3 is 5.97 Å². The fourth-order valence-corrected chi connectivity index (χ4v) is 1.73. The zero-order valence-corrected chi connectivity index (χ0v) is 11.2. The Morgan fingerprint density at radius 1 is 1.41 bits per heavy atom. The highest BCUT2D eigenvalue weighted by Gasteiger charge is 2.11. The maximum absolute atomic E-state index is 11.0. The molecular weight excluding hydrogens is 308 g/mol. The zero-order chi connectivity index (χ0) is 13.0. The summed E-state index contributed by atoms with van der Waals surface area (Å²) in [5.41, 5.74) is 0.381. The molecule has 3 N–H and O–H groups in total. The number of amides is 1. The molecule has 0 aromatic heterocycles. The first-order chi connectivity index (χ1) is 7.90. The second-order valence-corrected chi connectivity index (χ2v) is 4.45. The van der Waals surface area contributed by atoms with Crippen LogP contribution in [0.1, 0.15) is 17.3 Å². The van der Waals surface area contributed by atoms with E-state index in [1.165, 1.54) is 13.0 Å². The van der Waals surface area contributed by atoms with E-state index in [2.05, 4.69) is 26.6 Å². The van der Waals surface area contributed by atoms with Crippen LogP contribution >= 0.6 is 28.1 Å². The van der Waals surface area contributed by atoms with E-state index in [1.807, 2.05) is 0 Å². The second-order valence-electron chi connectivity index (χ2n) is 3.13. The first-order valence-electron chi connectivity index (χ1n) is 4.51. The molecule has 7 heteroatoms. The Kier molecular flexibility index (Phi) is 4.59. The van der Waals surface area contributed by atoms with Crippen LogP contribution in [0, 0.1) is 0 Å². The van der Waals surface area contributed by atoms with E-state index in [-0.39, 0.29) is 16.6 Å². The molecule has 0 unspecified atom stereocenters. The highest BCUT2D eigenvalue weighted by Crippen LogP contribution is 2.21. The van der Waals surface area contributed by atoms with Gasteiger partial charge in [-0.25, -0.2) is 4.79 Å². The smallest absolute Gasteiger partial charge is 0.337 e. The minimum atomic E-state index is -1.08. The summed E-state index contributed by atoms with van der Waals surface area (Å²) in [6.45, 7) is 1.31. The van der Waals surface area contributed by atoms with Gasteiger partial charge in [-0.3, -0.25) is 4.79 Å². The van der Waals surface area contributed by atoms with E-state index in [9.17, 15) is 9.59 Å². The maximum Gasteiger partial charge on any atom is 0.337 e. The van der Waals surface area contributed by atoms with E-state index in [0.717, 1.165) is 0 Å². The molecule has 17 heavy (non-hydrogen) atoms. The summed E-state index contributed by atoms with van der Waals surface area (Å²) in [7, 11) is 0. The summed E-state index contributed by atoms with van der Waals surface area (Å²) >= 11 is 8.02. The highest BCUT2D eigenvalue weighted by atomic mass is 79.9. The molecule has 0 saturated heterocycles. The second kappa shape index (κ2) is 5.74. The average Bonchev–Trinajstić information content (AvgIpc) is 2.19. The standard InChI is InChI=1S/C10H9BrN2O3S/c1-5(14)12-10(17)13-8-3-2-6(11)4-7(8)9(15)16/h2-4H,1H3,(H,15,16)(H2,12,13,14,17). The molecule has 1 aromatic rings. The van der Waals surface area contributed by atoms with Crippen molar-refractivity contribution in [2.45, 2.75) is 6.92 Å². The largest absolute Gasteiger partial charge is 0.478 e. The molecule has 0 aliphatic heterocycles. The van der Waals surface area contributed by atoms with Crippen molar-refractivity contribution < 1.29 is 14.7 Å². The number of nitrogens with one attached hydrogen (secondary N) is 2. The molecule has 0 radical (unpaired) electrons. The lowest BCUT2D eigenvalue weighted by atomic mass is 10.2. The fraction of sp³-hybridized carbons (Fsp3) is 0.100. The van der Waals surface area contributed by atoms with Gasteiger partial charge in [0.2, 0.25) is 5.91 Å². The number of carbonyl (C=O) groups is 2.